The first-order chi connectivity index (χ1) is 9.01. The van der Waals surface area contributed by atoms with Gasteiger partial charge in [-0.3, -0.25) is 4.98 Å². The summed E-state index contributed by atoms with van der Waals surface area (Å²) in [5.41, 5.74) is 1.93. The van der Waals surface area contributed by atoms with Gasteiger partial charge in [-0.25, -0.2) is 0 Å². The highest BCUT2D eigenvalue weighted by atomic mass is 16.5. The van der Waals surface area contributed by atoms with Crippen molar-refractivity contribution in [2.45, 2.75) is 40.0 Å². The average Bonchev–Trinajstić information content (AvgIpc) is 2.38. The summed E-state index contributed by atoms with van der Waals surface area (Å²) in [5, 5.41) is 22.7. The first kappa shape index (κ1) is 15.9. The molecule has 0 spiro atoms. The van der Waals surface area contributed by atoms with Crippen LogP contribution in [0.3, 0.4) is 0 Å². The summed E-state index contributed by atoms with van der Waals surface area (Å²) in [6.45, 7) is 6.93. The lowest BCUT2D eigenvalue weighted by Gasteiger charge is -2.22. The largest absolute Gasteiger partial charge is 0.506 e. The molecule has 0 saturated heterocycles. The number of nitrogens with zero attached hydrogens (tertiary/aromatic N) is 1. The van der Waals surface area contributed by atoms with Gasteiger partial charge in [0.15, 0.2) is 0 Å². The van der Waals surface area contributed by atoms with Crippen LogP contribution < -0.4 is 5.32 Å². The number of aromatic hydroxyl groups is 1. The van der Waals surface area contributed by atoms with Gasteiger partial charge in [0.25, 0.3) is 0 Å². The van der Waals surface area contributed by atoms with Gasteiger partial charge in [0, 0.05) is 37.0 Å². The number of methoxy groups -OCH3 is 1. The third-order valence-corrected chi connectivity index (χ3v) is 3.29. The highest BCUT2D eigenvalue weighted by Crippen LogP contribution is 2.24. The van der Waals surface area contributed by atoms with Gasteiger partial charge in [-0.1, -0.05) is 13.8 Å². The summed E-state index contributed by atoms with van der Waals surface area (Å²) in [6, 6.07) is 0.199. The van der Waals surface area contributed by atoms with Crippen LogP contribution in [0.15, 0.2) is 6.20 Å². The summed E-state index contributed by atoms with van der Waals surface area (Å²) in [4.78, 5) is 4.05. The Balaban J connectivity index is 2.83. The Kier molecular flexibility index (Phi) is 6.21. The van der Waals surface area contributed by atoms with Crippen LogP contribution in [0.5, 0.6) is 5.75 Å². The summed E-state index contributed by atoms with van der Waals surface area (Å²) in [5.74, 6) is 0.571. The first-order valence-corrected chi connectivity index (χ1v) is 6.50. The van der Waals surface area contributed by atoms with Crippen molar-refractivity contribution >= 4 is 0 Å². The number of ether oxygens (including phenoxy) is 1. The lowest BCUT2D eigenvalue weighted by molar-refractivity contribution is 0.146. The number of aliphatic hydroxyl groups excluding tert-OH is 1. The van der Waals surface area contributed by atoms with Crippen molar-refractivity contribution in [2.75, 3.05) is 13.7 Å². The van der Waals surface area contributed by atoms with E-state index in [0.29, 0.717) is 35.9 Å². The Morgan fingerprint density at radius 2 is 2.11 bits per heavy atom. The molecule has 0 aliphatic rings. The molecule has 1 atom stereocenters. The number of rotatable bonds is 7. The van der Waals surface area contributed by atoms with E-state index in [1.165, 1.54) is 0 Å². The molecular weight excluding hydrogens is 244 g/mol. The maximum absolute atomic E-state index is 10.0. The first-order valence-electron chi connectivity index (χ1n) is 6.50. The Morgan fingerprint density at radius 3 is 2.63 bits per heavy atom. The molecule has 0 aliphatic heterocycles. The molecule has 0 aromatic carbocycles. The van der Waals surface area contributed by atoms with Gasteiger partial charge in [-0.2, -0.15) is 0 Å². The number of pyridine rings is 1. The number of aliphatic hydroxyl groups is 1. The third-order valence-electron chi connectivity index (χ3n) is 3.29. The molecule has 0 bridgehead atoms. The maximum Gasteiger partial charge on any atom is 0.141 e. The second-order valence-corrected chi connectivity index (χ2v) is 5.04. The number of aryl methyl sites for hydroxylation is 1. The predicted octanol–water partition coefficient (Wildman–Crippen LogP) is 1.35. The smallest absolute Gasteiger partial charge is 0.141 e. The molecular formula is C14H24N2O3. The molecule has 108 valence electrons. The third kappa shape index (κ3) is 4.16. The molecule has 0 radical (unpaired) electrons. The van der Waals surface area contributed by atoms with Gasteiger partial charge in [0.05, 0.1) is 18.9 Å². The predicted molar refractivity (Wildman–Crippen MR) is 73.9 cm³/mol. The summed E-state index contributed by atoms with van der Waals surface area (Å²) < 4.78 is 5.18. The van der Waals surface area contributed by atoms with Crippen molar-refractivity contribution in [1.82, 2.24) is 10.3 Å². The van der Waals surface area contributed by atoms with Gasteiger partial charge >= 0.3 is 0 Å². The second-order valence-electron chi connectivity index (χ2n) is 5.04. The Bertz CT molecular complexity index is 408. The second kappa shape index (κ2) is 7.43. The highest BCUT2D eigenvalue weighted by molar-refractivity contribution is 5.40. The molecule has 1 heterocycles. The van der Waals surface area contributed by atoms with E-state index in [2.05, 4.69) is 24.1 Å². The van der Waals surface area contributed by atoms with Crippen LogP contribution in [0.1, 0.15) is 30.7 Å². The molecule has 3 N–H and O–H groups in total. The van der Waals surface area contributed by atoms with Crippen LogP contribution in [-0.2, 0) is 17.9 Å². The van der Waals surface area contributed by atoms with Crippen molar-refractivity contribution in [1.29, 1.82) is 0 Å². The molecule has 0 aliphatic carbocycles. The number of nitrogens with one attached hydrogen (secondary N) is 1. The zero-order valence-electron chi connectivity index (χ0n) is 12.1. The summed E-state index contributed by atoms with van der Waals surface area (Å²) >= 11 is 0. The van der Waals surface area contributed by atoms with Crippen molar-refractivity contribution in [3.8, 4) is 5.75 Å². The molecule has 1 aromatic heterocycles. The van der Waals surface area contributed by atoms with Crippen molar-refractivity contribution in [3.05, 3.63) is 23.0 Å². The normalized spacial score (nSPS) is 12.9. The summed E-state index contributed by atoms with van der Waals surface area (Å²) in [6.07, 6.45) is 1.60. The minimum atomic E-state index is -0.130. The molecule has 5 nitrogen and oxygen atoms in total. The fourth-order valence-corrected chi connectivity index (χ4v) is 1.92. The molecule has 5 heteroatoms. The number of hydrogen-bond acceptors (Lipinski definition) is 5. The summed E-state index contributed by atoms with van der Waals surface area (Å²) in [7, 11) is 1.67. The van der Waals surface area contributed by atoms with Gasteiger partial charge in [-0.05, 0) is 12.8 Å². The van der Waals surface area contributed by atoms with E-state index in [1.807, 2.05) is 0 Å². The van der Waals surface area contributed by atoms with Crippen LogP contribution in [0.4, 0.5) is 0 Å². The van der Waals surface area contributed by atoms with Gasteiger partial charge < -0.3 is 20.3 Å². The van der Waals surface area contributed by atoms with Gasteiger partial charge in [-0.15, -0.1) is 0 Å². The molecule has 1 unspecified atom stereocenters. The Hall–Kier alpha value is -1.17. The minimum absolute atomic E-state index is 0.130. The van der Waals surface area contributed by atoms with Crippen molar-refractivity contribution in [3.63, 3.8) is 0 Å². The number of aromatic nitrogens is 1. The molecule has 1 rings (SSSR count). The van der Waals surface area contributed by atoms with E-state index in [-0.39, 0.29) is 18.4 Å². The molecule has 0 fully saturated rings. The Morgan fingerprint density at radius 1 is 1.42 bits per heavy atom. The van der Waals surface area contributed by atoms with E-state index < -0.39 is 0 Å². The zero-order chi connectivity index (χ0) is 14.4. The standard InChI is InChI=1S/C14H24N2O3/c1-9(2)13(8-19-4)16-6-12-11(7-17)5-15-10(3)14(12)18/h5,9,13,16-18H,6-8H2,1-4H3. The van der Waals surface area contributed by atoms with Crippen LogP contribution in [0, 0.1) is 12.8 Å². The van der Waals surface area contributed by atoms with E-state index in [0.717, 1.165) is 0 Å². The van der Waals surface area contributed by atoms with E-state index in [1.54, 1.807) is 20.2 Å². The van der Waals surface area contributed by atoms with Crippen LogP contribution in [0.2, 0.25) is 0 Å². The monoisotopic (exact) mass is 268 g/mol. The molecule has 0 amide bonds. The van der Waals surface area contributed by atoms with Crippen LogP contribution >= 0.6 is 0 Å². The number of hydrogen-bond donors (Lipinski definition) is 3. The van der Waals surface area contributed by atoms with Gasteiger partial charge in [0.2, 0.25) is 0 Å². The Labute approximate surface area is 114 Å². The molecule has 0 saturated carbocycles. The van der Waals surface area contributed by atoms with Crippen molar-refractivity contribution in [2.24, 2.45) is 5.92 Å². The SMILES string of the molecule is COCC(NCc1c(CO)cnc(C)c1O)C(C)C. The van der Waals surface area contributed by atoms with E-state index in [9.17, 15) is 10.2 Å². The minimum Gasteiger partial charge on any atom is -0.506 e. The maximum atomic E-state index is 10.0. The molecule has 19 heavy (non-hydrogen) atoms. The topological polar surface area (TPSA) is 74.6 Å². The lowest BCUT2D eigenvalue weighted by Crippen LogP contribution is -2.37. The van der Waals surface area contributed by atoms with Crippen molar-refractivity contribution < 1.29 is 14.9 Å². The van der Waals surface area contributed by atoms with Crippen LogP contribution in [-0.4, -0.2) is 35.0 Å². The average molecular weight is 268 g/mol. The molecule has 1 aromatic rings. The zero-order valence-corrected chi connectivity index (χ0v) is 12.1. The fourth-order valence-electron chi connectivity index (χ4n) is 1.92. The fraction of sp³-hybridized carbons (Fsp3) is 0.643. The van der Waals surface area contributed by atoms with Gasteiger partial charge in [0.1, 0.15) is 5.75 Å². The lowest BCUT2D eigenvalue weighted by atomic mass is 10.0. The van der Waals surface area contributed by atoms with E-state index >= 15 is 0 Å². The van der Waals surface area contributed by atoms with Crippen LogP contribution in [0.25, 0.3) is 0 Å². The quantitative estimate of drug-likeness (QED) is 0.696. The highest BCUT2D eigenvalue weighted by Gasteiger charge is 2.16. The van der Waals surface area contributed by atoms with E-state index in [4.69, 9.17) is 4.74 Å².